The van der Waals surface area contributed by atoms with Crippen LogP contribution < -0.4 is 0 Å². The van der Waals surface area contributed by atoms with Crippen LogP contribution in [0.4, 0.5) is 0 Å². The maximum atomic E-state index is 10.2. The first-order chi connectivity index (χ1) is 6.60. The summed E-state index contributed by atoms with van der Waals surface area (Å²) in [7, 11) is 3.16. The minimum absolute atomic E-state index is 0.190. The van der Waals surface area contributed by atoms with E-state index in [2.05, 4.69) is 0 Å². The monoisotopic (exact) mass is 204 g/mol. The van der Waals surface area contributed by atoms with E-state index in [0.717, 1.165) is 13.0 Å². The van der Waals surface area contributed by atoms with Crippen LogP contribution in [0, 0.1) is 5.92 Å². The molecular formula is C10H20O4. The van der Waals surface area contributed by atoms with Gasteiger partial charge in [-0.05, 0) is 13.3 Å². The van der Waals surface area contributed by atoms with Crippen LogP contribution in [0.1, 0.15) is 19.8 Å². The predicted molar refractivity (Wildman–Crippen MR) is 52.0 cm³/mol. The van der Waals surface area contributed by atoms with Crippen LogP contribution in [0.15, 0.2) is 0 Å². The molecule has 0 aromatic heterocycles. The first-order valence-corrected chi connectivity index (χ1v) is 4.96. The van der Waals surface area contributed by atoms with Gasteiger partial charge in [-0.3, -0.25) is 0 Å². The fourth-order valence-corrected chi connectivity index (χ4v) is 1.79. The Hall–Kier alpha value is -0.160. The third kappa shape index (κ3) is 2.92. The van der Waals surface area contributed by atoms with Crippen LogP contribution >= 0.6 is 0 Å². The van der Waals surface area contributed by atoms with Crippen molar-refractivity contribution in [3.8, 4) is 0 Å². The second-order valence-electron chi connectivity index (χ2n) is 4.02. The average Bonchev–Trinajstić information content (AvgIpc) is 2.67. The number of rotatable bonds is 5. The Kier molecular flexibility index (Phi) is 4.31. The molecule has 1 saturated heterocycles. The Morgan fingerprint density at radius 1 is 1.50 bits per heavy atom. The SMILES string of the molecule is COC(CC(C)(O)C1CCOC1)OC. The van der Waals surface area contributed by atoms with Crippen molar-refractivity contribution in [1.82, 2.24) is 0 Å². The fraction of sp³-hybridized carbons (Fsp3) is 1.00. The molecule has 0 aromatic carbocycles. The number of aliphatic hydroxyl groups is 1. The molecule has 1 fully saturated rings. The highest BCUT2D eigenvalue weighted by Gasteiger charge is 2.36. The Morgan fingerprint density at radius 3 is 2.57 bits per heavy atom. The van der Waals surface area contributed by atoms with E-state index in [1.807, 2.05) is 6.92 Å². The lowest BCUT2D eigenvalue weighted by molar-refractivity contribution is -0.151. The number of hydrogen-bond acceptors (Lipinski definition) is 4. The Balaban J connectivity index is 2.46. The zero-order chi connectivity index (χ0) is 10.6. The van der Waals surface area contributed by atoms with E-state index in [9.17, 15) is 5.11 Å². The van der Waals surface area contributed by atoms with Gasteiger partial charge < -0.3 is 19.3 Å². The maximum absolute atomic E-state index is 10.2. The first-order valence-electron chi connectivity index (χ1n) is 4.96. The topological polar surface area (TPSA) is 47.9 Å². The average molecular weight is 204 g/mol. The molecule has 14 heavy (non-hydrogen) atoms. The summed E-state index contributed by atoms with van der Waals surface area (Å²) in [5.74, 6) is 0.190. The van der Waals surface area contributed by atoms with Crippen LogP contribution in [-0.4, -0.2) is 44.4 Å². The van der Waals surface area contributed by atoms with Gasteiger partial charge in [0.05, 0.1) is 12.2 Å². The highest BCUT2D eigenvalue weighted by atomic mass is 16.7. The van der Waals surface area contributed by atoms with E-state index < -0.39 is 5.60 Å². The normalized spacial score (nSPS) is 26.8. The Morgan fingerprint density at radius 2 is 2.14 bits per heavy atom. The summed E-state index contributed by atoms with van der Waals surface area (Å²) in [6.45, 7) is 3.19. The smallest absolute Gasteiger partial charge is 0.159 e. The standard InChI is InChI=1S/C10H20O4/c1-10(11,6-9(12-2)13-3)8-4-5-14-7-8/h8-9,11H,4-7H2,1-3H3. The Labute approximate surface area is 85.2 Å². The van der Waals surface area contributed by atoms with Crippen molar-refractivity contribution in [3.63, 3.8) is 0 Å². The van der Waals surface area contributed by atoms with E-state index in [1.165, 1.54) is 0 Å². The van der Waals surface area contributed by atoms with Crippen molar-refractivity contribution < 1.29 is 19.3 Å². The van der Waals surface area contributed by atoms with Crippen molar-refractivity contribution in [2.45, 2.75) is 31.7 Å². The molecule has 1 aliphatic rings. The molecule has 4 nitrogen and oxygen atoms in total. The second kappa shape index (κ2) is 5.07. The molecule has 84 valence electrons. The summed E-state index contributed by atoms with van der Waals surface area (Å²) >= 11 is 0. The molecule has 0 aliphatic carbocycles. The molecule has 1 rings (SSSR count). The molecule has 2 unspecified atom stereocenters. The molecule has 2 atom stereocenters. The molecule has 1 N–H and O–H groups in total. The van der Waals surface area contributed by atoms with Crippen LogP contribution in [-0.2, 0) is 14.2 Å². The third-order valence-electron chi connectivity index (χ3n) is 2.91. The van der Waals surface area contributed by atoms with Crippen molar-refractivity contribution in [3.05, 3.63) is 0 Å². The van der Waals surface area contributed by atoms with Crippen LogP contribution in [0.3, 0.4) is 0 Å². The summed E-state index contributed by atoms with van der Waals surface area (Å²) in [5, 5.41) is 10.2. The van der Waals surface area contributed by atoms with Crippen LogP contribution in [0.2, 0.25) is 0 Å². The van der Waals surface area contributed by atoms with Crippen molar-refractivity contribution in [1.29, 1.82) is 0 Å². The molecular weight excluding hydrogens is 184 g/mol. The van der Waals surface area contributed by atoms with Crippen molar-refractivity contribution in [2.75, 3.05) is 27.4 Å². The fourth-order valence-electron chi connectivity index (χ4n) is 1.79. The van der Waals surface area contributed by atoms with E-state index in [0.29, 0.717) is 13.0 Å². The molecule has 0 saturated carbocycles. The predicted octanol–water partition coefficient (Wildman–Crippen LogP) is 0.783. The van der Waals surface area contributed by atoms with Gasteiger partial charge in [0.1, 0.15) is 0 Å². The number of methoxy groups -OCH3 is 2. The van der Waals surface area contributed by atoms with Crippen LogP contribution in [0.5, 0.6) is 0 Å². The van der Waals surface area contributed by atoms with E-state index in [1.54, 1.807) is 14.2 Å². The number of ether oxygens (including phenoxy) is 3. The van der Waals surface area contributed by atoms with E-state index in [-0.39, 0.29) is 12.2 Å². The van der Waals surface area contributed by atoms with Gasteiger partial charge in [0, 0.05) is 33.2 Å². The molecule has 0 bridgehead atoms. The lowest BCUT2D eigenvalue weighted by Crippen LogP contribution is -2.39. The number of hydrogen-bond donors (Lipinski definition) is 1. The molecule has 0 aromatic rings. The quantitative estimate of drug-likeness (QED) is 0.672. The zero-order valence-electron chi connectivity index (χ0n) is 9.16. The van der Waals surface area contributed by atoms with Gasteiger partial charge in [-0.25, -0.2) is 0 Å². The minimum Gasteiger partial charge on any atom is -0.390 e. The lowest BCUT2D eigenvalue weighted by Gasteiger charge is -2.31. The van der Waals surface area contributed by atoms with E-state index in [4.69, 9.17) is 14.2 Å². The van der Waals surface area contributed by atoms with Gasteiger partial charge in [-0.15, -0.1) is 0 Å². The highest BCUT2D eigenvalue weighted by Crippen LogP contribution is 2.30. The molecule has 0 radical (unpaired) electrons. The van der Waals surface area contributed by atoms with Gasteiger partial charge in [0.2, 0.25) is 0 Å². The summed E-state index contributed by atoms with van der Waals surface area (Å²) in [6, 6.07) is 0. The molecule has 0 amide bonds. The van der Waals surface area contributed by atoms with Gasteiger partial charge in [-0.2, -0.15) is 0 Å². The third-order valence-corrected chi connectivity index (χ3v) is 2.91. The van der Waals surface area contributed by atoms with Gasteiger partial charge in [0.25, 0.3) is 0 Å². The van der Waals surface area contributed by atoms with Crippen molar-refractivity contribution >= 4 is 0 Å². The van der Waals surface area contributed by atoms with Crippen molar-refractivity contribution in [2.24, 2.45) is 5.92 Å². The first kappa shape index (κ1) is 11.9. The lowest BCUT2D eigenvalue weighted by atomic mass is 9.85. The molecule has 4 heteroatoms. The largest absolute Gasteiger partial charge is 0.390 e. The second-order valence-corrected chi connectivity index (χ2v) is 4.02. The van der Waals surface area contributed by atoms with E-state index >= 15 is 0 Å². The Bertz CT molecular complexity index is 160. The summed E-state index contributed by atoms with van der Waals surface area (Å²) in [5.41, 5.74) is -0.771. The summed E-state index contributed by atoms with van der Waals surface area (Å²) in [6.07, 6.45) is 1.05. The highest BCUT2D eigenvalue weighted by molar-refractivity contribution is 4.85. The van der Waals surface area contributed by atoms with Gasteiger partial charge >= 0.3 is 0 Å². The summed E-state index contributed by atoms with van der Waals surface area (Å²) in [4.78, 5) is 0. The minimum atomic E-state index is -0.771. The van der Waals surface area contributed by atoms with Crippen LogP contribution in [0.25, 0.3) is 0 Å². The van der Waals surface area contributed by atoms with Gasteiger partial charge in [0.15, 0.2) is 6.29 Å². The zero-order valence-corrected chi connectivity index (χ0v) is 9.16. The molecule has 1 heterocycles. The maximum Gasteiger partial charge on any atom is 0.159 e. The van der Waals surface area contributed by atoms with Gasteiger partial charge in [-0.1, -0.05) is 0 Å². The molecule has 0 spiro atoms. The summed E-state index contributed by atoms with van der Waals surface area (Å²) < 4.78 is 15.4. The molecule has 1 aliphatic heterocycles.